The first-order valence-electron chi connectivity index (χ1n) is 5.30. The molecular formula is C10H16BrN5. The molecule has 0 saturated carbocycles. The Balaban J connectivity index is 2.27. The topological polar surface area (TPSA) is 58.3 Å². The third-order valence-electron chi connectivity index (χ3n) is 2.90. The predicted octanol–water partition coefficient (Wildman–Crippen LogP) is 0.962. The van der Waals surface area contributed by atoms with Gasteiger partial charge in [-0.05, 0) is 29.9 Å². The van der Waals surface area contributed by atoms with E-state index in [-0.39, 0.29) is 0 Å². The van der Waals surface area contributed by atoms with E-state index in [1.54, 1.807) is 0 Å². The lowest BCUT2D eigenvalue weighted by Crippen LogP contribution is -2.51. The highest BCUT2D eigenvalue weighted by atomic mass is 79.9. The quantitative estimate of drug-likeness (QED) is 0.833. The van der Waals surface area contributed by atoms with E-state index in [0.29, 0.717) is 11.9 Å². The SMILES string of the molecule is CC1CN(C)CCN1c1ncnc(N)c1Br. The van der Waals surface area contributed by atoms with Crippen LogP contribution in [0.15, 0.2) is 10.8 Å². The Bertz CT molecular complexity index is 383. The Morgan fingerprint density at radius 2 is 2.19 bits per heavy atom. The largest absolute Gasteiger partial charge is 0.383 e. The van der Waals surface area contributed by atoms with Gasteiger partial charge in [-0.2, -0.15) is 0 Å². The van der Waals surface area contributed by atoms with Gasteiger partial charge in [-0.3, -0.25) is 0 Å². The summed E-state index contributed by atoms with van der Waals surface area (Å²) in [7, 11) is 2.14. The molecule has 2 N–H and O–H groups in total. The van der Waals surface area contributed by atoms with E-state index in [4.69, 9.17) is 5.73 Å². The van der Waals surface area contributed by atoms with Gasteiger partial charge in [0.15, 0.2) is 0 Å². The highest BCUT2D eigenvalue weighted by Crippen LogP contribution is 2.29. The van der Waals surface area contributed by atoms with Crippen LogP contribution < -0.4 is 10.6 Å². The molecular weight excluding hydrogens is 270 g/mol. The number of piperazine rings is 1. The number of aromatic nitrogens is 2. The van der Waals surface area contributed by atoms with E-state index in [2.05, 4.69) is 49.7 Å². The molecule has 6 heteroatoms. The van der Waals surface area contributed by atoms with Crippen molar-refractivity contribution in [3.63, 3.8) is 0 Å². The molecule has 1 aliphatic heterocycles. The first kappa shape index (κ1) is 11.6. The smallest absolute Gasteiger partial charge is 0.148 e. The molecule has 16 heavy (non-hydrogen) atoms. The van der Waals surface area contributed by atoms with Crippen LogP contribution in [0.2, 0.25) is 0 Å². The zero-order chi connectivity index (χ0) is 11.7. The van der Waals surface area contributed by atoms with Crippen LogP contribution in [0.4, 0.5) is 11.6 Å². The highest BCUT2D eigenvalue weighted by molar-refractivity contribution is 9.10. The van der Waals surface area contributed by atoms with Gasteiger partial charge in [0.25, 0.3) is 0 Å². The van der Waals surface area contributed by atoms with Gasteiger partial charge >= 0.3 is 0 Å². The fourth-order valence-corrected chi connectivity index (χ4v) is 2.46. The molecule has 0 bridgehead atoms. The minimum absolute atomic E-state index is 0.435. The minimum Gasteiger partial charge on any atom is -0.383 e. The van der Waals surface area contributed by atoms with Crippen molar-refractivity contribution in [1.82, 2.24) is 14.9 Å². The van der Waals surface area contributed by atoms with Gasteiger partial charge < -0.3 is 15.5 Å². The summed E-state index contributed by atoms with van der Waals surface area (Å²) in [6.45, 7) is 5.24. The highest BCUT2D eigenvalue weighted by Gasteiger charge is 2.24. The molecule has 1 aromatic rings. The number of halogens is 1. The monoisotopic (exact) mass is 285 g/mol. The Kier molecular flexibility index (Phi) is 3.30. The van der Waals surface area contributed by atoms with Crippen molar-refractivity contribution in [1.29, 1.82) is 0 Å². The van der Waals surface area contributed by atoms with Crippen LogP contribution in [-0.4, -0.2) is 47.6 Å². The van der Waals surface area contributed by atoms with E-state index in [1.165, 1.54) is 6.33 Å². The molecule has 1 unspecified atom stereocenters. The lowest BCUT2D eigenvalue weighted by molar-refractivity contribution is 0.274. The number of nitrogens with two attached hydrogens (primary N) is 1. The van der Waals surface area contributed by atoms with Crippen molar-refractivity contribution in [3.05, 3.63) is 10.8 Å². The van der Waals surface area contributed by atoms with Crippen molar-refractivity contribution >= 4 is 27.6 Å². The molecule has 0 amide bonds. The molecule has 1 fully saturated rings. The van der Waals surface area contributed by atoms with Gasteiger partial charge in [-0.15, -0.1) is 0 Å². The van der Waals surface area contributed by atoms with Gasteiger partial charge in [-0.1, -0.05) is 0 Å². The molecule has 0 radical (unpaired) electrons. The Hall–Kier alpha value is -0.880. The second-order valence-corrected chi connectivity index (χ2v) is 4.99. The summed E-state index contributed by atoms with van der Waals surface area (Å²) in [5.41, 5.74) is 5.76. The molecule has 88 valence electrons. The van der Waals surface area contributed by atoms with Crippen LogP contribution in [0.3, 0.4) is 0 Å². The normalized spacial score (nSPS) is 22.4. The van der Waals surface area contributed by atoms with Crippen molar-refractivity contribution in [2.45, 2.75) is 13.0 Å². The van der Waals surface area contributed by atoms with Crippen molar-refractivity contribution in [2.75, 3.05) is 37.3 Å². The second kappa shape index (κ2) is 4.55. The summed E-state index contributed by atoms with van der Waals surface area (Å²) in [5.74, 6) is 1.39. The Morgan fingerprint density at radius 3 is 2.88 bits per heavy atom. The summed E-state index contributed by atoms with van der Waals surface area (Å²) in [6.07, 6.45) is 1.51. The number of nitrogen functional groups attached to an aromatic ring is 1. The molecule has 2 rings (SSSR count). The molecule has 1 saturated heterocycles. The standard InChI is InChI=1S/C10H16BrN5/c1-7-5-15(2)3-4-16(7)10-8(11)9(12)13-6-14-10/h6-7H,3-5H2,1-2H3,(H2,12,13,14). The van der Waals surface area contributed by atoms with Crippen LogP contribution >= 0.6 is 15.9 Å². The predicted molar refractivity (Wildman–Crippen MR) is 68.4 cm³/mol. The molecule has 1 atom stereocenters. The minimum atomic E-state index is 0.435. The Morgan fingerprint density at radius 1 is 1.44 bits per heavy atom. The zero-order valence-corrected chi connectivity index (χ0v) is 11.1. The molecule has 0 aromatic carbocycles. The number of hydrogen-bond donors (Lipinski definition) is 1. The molecule has 1 aromatic heterocycles. The van der Waals surface area contributed by atoms with Crippen molar-refractivity contribution in [3.8, 4) is 0 Å². The second-order valence-electron chi connectivity index (χ2n) is 4.20. The van der Waals surface area contributed by atoms with Crippen LogP contribution in [-0.2, 0) is 0 Å². The first-order chi connectivity index (χ1) is 7.59. The zero-order valence-electron chi connectivity index (χ0n) is 9.52. The lowest BCUT2D eigenvalue weighted by Gasteiger charge is -2.39. The maximum atomic E-state index is 5.76. The average Bonchev–Trinajstić information content (AvgIpc) is 2.23. The van der Waals surface area contributed by atoms with Gasteiger partial charge in [0.2, 0.25) is 0 Å². The summed E-state index contributed by atoms with van der Waals surface area (Å²) in [6, 6.07) is 0.435. The van der Waals surface area contributed by atoms with Crippen LogP contribution in [0.5, 0.6) is 0 Å². The molecule has 1 aliphatic rings. The van der Waals surface area contributed by atoms with E-state index < -0.39 is 0 Å². The Labute approximate surface area is 104 Å². The van der Waals surface area contributed by atoms with Crippen LogP contribution in [0.1, 0.15) is 6.92 Å². The summed E-state index contributed by atoms with van der Waals surface area (Å²) < 4.78 is 0.798. The number of likely N-dealkylation sites (N-methyl/N-ethyl adjacent to an activating group) is 1. The van der Waals surface area contributed by atoms with E-state index >= 15 is 0 Å². The fourth-order valence-electron chi connectivity index (χ4n) is 2.03. The molecule has 0 aliphatic carbocycles. The van der Waals surface area contributed by atoms with Crippen molar-refractivity contribution in [2.24, 2.45) is 0 Å². The van der Waals surface area contributed by atoms with Crippen LogP contribution in [0, 0.1) is 0 Å². The van der Waals surface area contributed by atoms with Crippen molar-refractivity contribution < 1.29 is 0 Å². The fraction of sp³-hybridized carbons (Fsp3) is 0.600. The number of nitrogens with zero attached hydrogens (tertiary/aromatic N) is 4. The summed E-state index contributed by atoms with van der Waals surface area (Å²) >= 11 is 3.45. The van der Waals surface area contributed by atoms with Crippen LogP contribution in [0.25, 0.3) is 0 Å². The number of anilines is 2. The average molecular weight is 286 g/mol. The van der Waals surface area contributed by atoms with Gasteiger partial charge in [-0.25, -0.2) is 9.97 Å². The number of hydrogen-bond acceptors (Lipinski definition) is 5. The maximum absolute atomic E-state index is 5.76. The first-order valence-corrected chi connectivity index (χ1v) is 6.10. The summed E-state index contributed by atoms with van der Waals surface area (Å²) in [4.78, 5) is 12.8. The van der Waals surface area contributed by atoms with Gasteiger partial charge in [0.1, 0.15) is 22.4 Å². The van der Waals surface area contributed by atoms with Gasteiger partial charge in [0, 0.05) is 25.7 Å². The molecule has 0 spiro atoms. The third kappa shape index (κ3) is 2.12. The van der Waals surface area contributed by atoms with Gasteiger partial charge in [0.05, 0.1) is 0 Å². The summed E-state index contributed by atoms with van der Waals surface area (Å²) in [5, 5.41) is 0. The third-order valence-corrected chi connectivity index (χ3v) is 3.66. The van der Waals surface area contributed by atoms with E-state index in [0.717, 1.165) is 29.9 Å². The maximum Gasteiger partial charge on any atom is 0.148 e. The molecule has 5 nitrogen and oxygen atoms in total. The molecule has 2 heterocycles. The van der Waals surface area contributed by atoms with E-state index in [9.17, 15) is 0 Å². The number of rotatable bonds is 1. The lowest BCUT2D eigenvalue weighted by atomic mass is 10.2. The van der Waals surface area contributed by atoms with E-state index in [1.807, 2.05) is 0 Å².